The zero-order chi connectivity index (χ0) is 20.0. The van der Waals surface area contributed by atoms with Crippen LogP contribution in [0.1, 0.15) is 22.8 Å². The topological polar surface area (TPSA) is 46.6 Å². The molecule has 0 aromatic heterocycles. The number of ether oxygens (including phenoxy) is 1. The van der Waals surface area contributed by atoms with Gasteiger partial charge in [-0.2, -0.15) is 0 Å². The van der Waals surface area contributed by atoms with E-state index in [4.69, 9.17) is 0 Å². The highest BCUT2D eigenvalue weighted by atomic mass is 19.2. The van der Waals surface area contributed by atoms with Crippen molar-refractivity contribution in [1.82, 2.24) is 4.90 Å². The van der Waals surface area contributed by atoms with Crippen LogP contribution in [0.2, 0.25) is 0 Å². The highest BCUT2D eigenvalue weighted by Crippen LogP contribution is 2.18. The van der Waals surface area contributed by atoms with Crippen molar-refractivity contribution in [3.63, 3.8) is 0 Å². The molecular formula is C20H20F3NO3. The van der Waals surface area contributed by atoms with Crippen molar-refractivity contribution in [2.75, 3.05) is 20.2 Å². The summed E-state index contributed by atoms with van der Waals surface area (Å²) in [7, 11) is 1.23. The van der Waals surface area contributed by atoms with Crippen LogP contribution in [-0.2, 0) is 16.0 Å². The second-order valence-electron chi connectivity index (χ2n) is 6.13. The predicted octanol–water partition coefficient (Wildman–Crippen LogP) is 3.60. The normalized spacial score (nSPS) is 11.7. The molecule has 0 heterocycles. The fourth-order valence-electron chi connectivity index (χ4n) is 2.65. The maximum Gasteiger partial charge on any atom is 0.310 e. The molecule has 4 nitrogen and oxygen atoms in total. The Kier molecular flexibility index (Phi) is 6.98. The fraction of sp³-hybridized carbons (Fsp3) is 0.300. The molecule has 1 atom stereocenters. The number of methoxy groups -OCH3 is 1. The summed E-state index contributed by atoms with van der Waals surface area (Å²) in [6, 6.07) is 10.9. The van der Waals surface area contributed by atoms with Gasteiger partial charge < -0.3 is 9.64 Å². The first-order valence-corrected chi connectivity index (χ1v) is 8.39. The van der Waals surface area contributed by atoms with Crippen molar-refractivity contribution >= 4 is 11.9 Å². The van der Waals surface area contributed by atoms with Crippen molar-refractivity contribution < 1.29 is 27.5 Å². The number of nitrogens with zero attached hydrogens (tertiary/aromatic N) is 1. The van der Waals surface area contributed by atoms with Gasteiger partial charge in [-0.05, 0) is 24.1 Å². The average Bonchev–Trinajstić information content (AvgIpc) is 2.68. The predicted molar refractivity (Wildman–Crippen MR) is 93.5 cm³/mol. The smallest absolute Gasteiger partial charge is 0.310 e. The van der Waals surface area contributed by atoms with Crippen LogP contribution in [0.25, 0.3) is 0 Å². The highest BCUT2D eigenvalue weighted by Gasteiger charge is 2.26. The van der Waals surface area contributed by atoms with Gasteiger partial charge in [0.25, 0.3) is 5.91 Å². The van der Waals surface area contributed by atoms with Crippen molar-refractivity contribution in [2.45, 2.75) is 13.3 Å². The zero-order valence-corrected chi connectivity index (χ0v) is 15.0. The van der Waals surface area contributed by atoms with Gasteiger partial charge in [-0.15, -0.1) is 0 Å². The van der Waals surface area contributed by atoms with Crippen LogP contribution in [0.3, 0.4) is 0 Å². The number of hydrogen-bond donors (Lipinski definition) is 0. The molecule has 2 rings (SSSR count). The lowest BCUT2D eigenvalue weighted by Gasteiger charge is -2.25. The van der Waals surface area contributed by atoms with E-state index in [2.05, 4.69) is 4.74 Å². The Labute approximate surface area is 155 Å². The molecule has 1 unspecified atom stereocenters. The molecule has 144 valence electrons. The Morgan fingerprint density at radius 3 is 2.33 bits per heavy atom. The molecule has 0 spiro atoms. The molecule has 0 radical (unpaired) electrons. The summed E-state index contributed by atoms with van der Waals surface area (Å²) in [4.78, 5) is 25.7. The number of rotatable bonds is 7. The number of carbonyl (C=O) groups excluding carboxylic acids is 2. The van der Waals surface area contributed by atoms with Gasteiger partial charge in [-0.25, -0.2) is 13.2 Å². The second-order valence-corrected chi connectivity index (χ2v) is 6.13. The third-order valence-electron chi connectivity index (χ3n) is 4.16. The third kappa shape index (κ3) is 5.09. The first-order valence-electron chi connectivity index (χ1n) is 8.39. The SMILES string of the molecule is COC(=O)C(C)CN(CCc1ccccc1)C(=O)c1ccc(F)c(F)c1F. The molecule has 0 saturated heterocycles. The molecule has 2 aromatic rings. The van der Waals surface area contributed by atoms with E-state index >= 15 is 0 Å². The summed E-state index contributed by atoms with van der Waals surface area (Å²) >= 11 is 0. The minimum Gasteiger partial charge on any atom is -0.469 e. The molecule has 1 amide bonds. The van der Waals surface area contributed by atoms with E-state index < -0.39 is 40.8 Å². The molecule has 0 aliphatic heterocycles. The number of esters is 1. The van der Waals surface area contributed by atoms with Crippen LogP contribution in [-0.4, -0.2) is 37.0 Å². The van der Waals surface area contributed by atoms with Crippen molar-refractivity contribution in [3.05, 3.63) is 71.0 Å². The van der Waals surface area contributed by atoms with E-state index in [1.54, 1.807) is 6.92 Å². The number of carbonyl (C=O) groups is 2. The maximum atomic E-state index is 14.0. The van der Waals surface area contributed by atoms with Gasteiger partial charge in [0.1, 0.15) is 0 Å². The van der Waals surface area contributed by atoms with Crippen molar-refractivity contribution in [3.8, 4) is 0 Å². The summed E-state index contributed by atoms with van der Waals surface area (Å²) in [6.07, 6.45) is 0.450. The number of hydrogen-bond acceptors (Lipinski definition) is 3. The Balaban J connectivity index is 2.26. The summed E-state index contributed by atoms with van der Waals surface area (Å²) < 4.78 is 45.4. The van der Waals surface area contributed by atoms with Gasteiger partial charge in [0.05, 0.1) is 18.6 Å². The van der Waals surface area contributed by atoms with Crippen LogP contribution in [0.5, 0.6) is 0 Å². The number of benzene rings is 2. The minimum atomic E-state index is -1.70. The fourth-order valence-corrected chi connectivity index (χ4v) is 2.65. The van der Waals surface area contributed by atoms with Gasteiger partial charge >= 0.3 is 5.97 Å². The third-order valence-corrected chi connectivity index (χ3v) is 4.16. The lowest BCUT2D eigenvalue weighted by Crippen LogP contribution is -2.39. The Morgan fingerprint density at radius 2 is 1.70 bits per heavy atom. The van der Waals surface area contributed by atoms with E-state index in [1.165, 1.54) is 12.0 Å². The van der Waals surface area contributed by atoms with E-state index in [-0.39, 0.29) is 13.1 Å². The van der Waals surface area contributed by atoms with Gasteiger partial charge in [0.2, 0.25) is 0 Å². The maximum absolute atomic E-state index is 14.0. The average molecular weight is 379 g/mol. The monoisotopic (exact) mass is 379 g/mol. The molecule has 0 aliphatic rings. The molecule has 0 N–H and O–H groups in total. The first-order chi connectivity index (χ1) is 12.8. The molecule has 7 heteroatoms. The summed E-state index contributed by atoms with van der Waals surface area (Å²) in [5.74, 6) is -6.64. The lowest BCUT2D eigenvalue weighted by molar-refractivity contribution is -0.145. The highest BCUT2D eigenvalue weighted by molar-refractivity contribution is 5.94. The molecule has 0 saturated carbocycles. The Bertz CT molecular complexity index is 812. The van der Waals surface area contributed by atoms with Gasteiger partial charge in [-0.3, -0.25) is 9.59 Å². The van der Waals surface area contributed by atoms with Gasteiger partial charge in [0, 0.05) is 13.1 Å². The molecule has 0 aliphatic carbocycles. The van der Waals surface area contributed by atoms with E-state index in [1.807, 2.05) is 30.3 Å². The quantitative estimate of drug-likeness (QED) is 0.546. The Morgan fingerprint density at radius 1 is 1.04 bits per heavy atom. The van der Waals surface area contributed by atoms with Crippen LogP contribution in [0.4, 0.5) is 13.2 Å². The first kappa shape index (κ1) is 20.5. The second kappa shape index (κ2) is 9.21. The summed E-state index contributed by atoms with van der Waals surface area (Å²) in [6.45, 7) is 1.69. The van der Waals surface area contributed by atoms with E-state index in [0.717, 1.165) is 11.6 Å². The van der Waals surface area contributed by atoms with Crippen LogP contribution >= 0.6 is 0 Å². The van der Waals surface area contributed by atoms with Crippen molar-refractivity contribution in [2.24, 2.45) is 5.92 Å². The van der Waals surface area contributed by atoms with Crippen LogP contribution < -0.4 is 0 Å². The molecule has 27 heavy (non-hydrogen) atoms. The zero-order valence-electron chi connectivity index (χ0n) is 15.0. The van der Waals surface area contributed by atoms with E-state index in [9.17, 15) is 22.8 Å². The van der Waals surface area contributed by atoms with Crippen LogP contribution in [0, 0.1) is 23.4 Å². The summed E-state index contributed by atoms with van der Waals surface area (Å²) in [5.41, 5.74) is 0.353. The molecule has 0 bridgehead atoms. The lowest BCUT2D eigenvalue weighted by atomic mass is 10.1. The standard InChI is InChI=1S/C20H20F3NO3/c1-13(20(26)27-2)12-24(11-10-14-6-4-3-5-7-14)19(25)15-8-9-16(21)18(23)17(15)22/h3-9,13H,10-12H2,1-2H3. The minimum absolute atomic E-state index is 0.0449. The molecule has 2 aromatic carbocycles. The Hall–Kier alpha value is -2.83. The van der Waals surface area contributed by atoms with Gasteiger partial charge in [-0.1, -0.05) is 37.3 Å². The molecule has 0 fully saturated rings. The number of halogens is 3. The van der Waals surface area contributed by atoms with Gasteiger partial charge in [0.15, 0.2) is 17.5 Å². The van der Waals surface area contributed by atoms with Crippen LogP contribution in [0.15, 0.2) is 42.5 Å². The number of amides is 1. The largest absolute Gasteiger partial charge is 0.469 e. The van der Waals surface area contributed by atoms with E-state index in [0.29, 0.717) is 12.5 Å². The summed E-state index contributed by atoms with van der Waals surface area (Å²) in [5, 5.41) is 0. The molecular weight excluding hydrogens is 359 g/mol. The van der Waals surface area contributed by atoms with Crippen molar-refractivity contribution in [1.29, 1.82) is 0 Å².